The van der Waals surface area contributed by atoms with Crippen molar-refractivity contribution < 1.29 is 30.8 Å². The summed E-state index contributed by atoms with van der Waals surface area (Å²) in [6.45, 7) is 1.72. The van der Waals surface area contributed by atoms with Crippen LogP contribution in [0, 0.1) is 6.92 Å². The van der Waals surface area contributed by atoms with Gasteiger partial charge in [-0.25, -0.2) is 8.42 Å². The Labute approximate surface area is 220 Å². The second-order valence-electron chi connectivity index (χ2n) is 8.64. The first-order chi connectivity index (χ1) is 18.5. The van der Waals surface area contributed by atoms with E-state index in [1.807, 2.05) is 0 Å². The molecule has 0 atom stereocenters. The molecule has 3 aromatic carbocycles. The van der Waals surface area contributed by atoms with Crippen LogP contribution in [0.1, 0.15) is 11.1 Å². The van der Waals surface area contributed by atoms with Gasteiger partial charge >= 0.3 is 6.18 Å². The number of nitrogens with one attached hydrogen (secondary N) is 1. The van der Waals surface area contributed by atoms with Crippen molar-refractivity contribution in [2.24, 2.45) is 0 Å². The Morgan fingerprint density at radius 2 is 1.79 bits per heavy atom. The first-order valence-corrected chi connectivity index (χ1v) is 12.9. The van der Waals surface area contributed by atoms with Gasteiger partial charge in [-0.1, -0.05) is 17.3 Å². The molecule has 200 valence electrons. The SMILES string of the molecule is COc1cc(-c2cccc(C(F)(F)F)c2)c(C)cc1-n1c(=O)ccc2cc(S(=O)(=O)Nc3ccon3)ccc21. The first kappa shape index (κ1) is 26.0. The number of hydrogen-bond donors (Lipinski definition) is 1. The van der Waals surface area contributed by atoms with E-state index in [1.54, 1.807) is 25.1 Å². The lowest BCUT2D eigenvalue weighted by Gasteiger charge is -2.18. The number of anilines is 1. The van der Waals surface area contributed by atoms with Gasteiger partial charge in [-0.3, -0.25) is 14.1 Å². The van der Waals surface area contributed by atoms with Crippen LogP contribution in [0.25, 0.3) is 27.7 Å². The predicted molar refractivity (Wildman–Crippen MR) is 139 cm³/mol. The van der Waals surface area contributed by atoms with Crippen LogP contribution in [0.3, 0.4) is 0 Å². The predicted octanol–water partition coefficient (Wildman–Crippen LogP) is 5.78. The van der Waals surface area contributed by atoms with Crippen molar-refractivity contribution >= 4 is 26.7 Å². The molecule has 2 heterocycles. The van der Waals surface area contributed by atoms with Crippen molar-refractivity contribution in [1.82, 2.24) is 9.72 Å². The minimum atomic E-state index is -4.50. The van der Waals surface area contributed by atoms with Gasteiger partial charge in [-0.2, -0.15) is 13.2 Å². The number of pyridine rings is 1. The minimum absolute atomic E-state index is 0.0149. The highest BCUT2D eigenvalue weighted by molar-refractivity contribution is 7.92. The van der Waals surface area contributed by atoms with Crippen LogP contribution in [0.5, 0.6) is 5.75 Å². The van der Waals surface area contributed by atoms with Gasteiger partial charge in [0.2, 0.25) is 0 Å². The van der Waals surface area contributed by atoms with Crippen molar-refractivity contribution in [3.63, 3.8) is 0 Å². The monoisotopic (exact) mass is 555 g/mol. The van der Waals surface area contributed by atoms with Gasteiger partial charge in [0.1, 0.15) is 12.0 Å². The molecule has 0 radical (unpaired) electrons. The zero-order valence-electron chi connectivity index (χ0n) is 20.5. The molecular weight excluding hydrogens is 535 g/mol. The third-order valence-electron chi connectivity index (χ3n) is 6.12. The molecule has 5 aromatic rings. The third kappa shape index (κ3) is 4.98. The number of hydrogen-bond acceptors (Lipinski definition) is 6. The zero-order valence-corrected chi connectivity index (χ0v) is 21.3. The fourth-order valence-electron chi connectivity index (χ4n) is 4.29. The zero-order chi connectivity index (χ0) is 27.9. The molecule has 5 rings (SSSR count). The van der Waals surface area contributed by atoms with E-state index in [0.29, 0.717) is 33.3 Å². The van der Waals surface area contributed by atoms with E-state index < -0.39 is 27.3 Å². The molecule has 1 N–H and O–H groups in total. The molecule has 0 aliphatic heterocycles. The van der Waals surface area contributed by atoms with Gasteiger partial charge in [0.15, 0.2) is 5.82 Å². The van der Waals surface area contributed by atoms with E-state index in [9.17, 15) is 26.4 Å². The number of aryl methyl sites for hydroxylation is 1. The van der Waals surface area contributed by atoms with Crippen molar-refractivity contribution in [2.75, 3.05) is 11.8 Å². The van der Waals surface area contributed by atoms with E-state index in [2.05, 4.69) is 14.4 Å². The van der Waals surface area contributed by atoms with Crippen LogP contribution in [0.4, 0.5) is 19.0 Å². The number of halogens is 3. The normalized spacial score (nSPS) is 12.0. The number of benzene rings is 3. The minimum Gasteiger partial charge on any atom is -0.495 e. The van der Waals surface area contributed by atoms with Gasteiger partial charge in [0.25, 0.3) is 15.6 Å². The van der Waals surface area contributed by atoms with Crippen LogP contribution < -0.4 is 15.0 Å². The molecule has 0 unspecified atom stereocenters. The molecular formula is C27H20F3N3O5S. The summed E-state index contributed by atoms with van der Waals surface area (Å²) in [7, 11) is -2.61. The molecule has 0 fully saturated rings. The largest absolute Gasteiger partial charge is 0.495 e. The van der Waals surface area contributed by atoms with E-state index in [-0.39, 0.29) is 16.5 Å². The maximum Gasteiger partial charge on any atom is 0.416 e. The summed E-state index contributed by atoms with van der Waals surface area (Å²) in [5.41, 5.74) is 0.990. The van der Waals surface area contributed by atoms with Crippen LogP contribution in [-0.2, 0) is 16.2 Å². The Balaban J connectivity index is 1.63. The number of nitrogens with zero attached hydrogens (tertiary/aromatic N) is 2. The summed E-state index contributed by atoms with van der Waals surface area (Å²) in [6.07, 6.45) is -3.27. The van der Waals surface area contributed by atoms with E-state index in [4.69, 9.17) is 4.74 Å². The molecule has 0 saturated carbocycles. The topological polar surface area (TPSA) is 103 Å². The average Bonchev–Trinajstić information content (AvgIpc) is 3.40. The van der Waals surface area contributed by atoms with Crippen LogP contribution in [0.15, 0.2) is 93.3 Å². The fraction of sp³-hybridized carbons (Fsp3) is 0.111. The molecule has 39 heavy (non-hydrogen) atoms. The maximum absolute atomic E-state index is 13.3. The molecule has 0 aliphatic carbocycles. The fourth-order valence-corrected chi connectivity index (χ4v) is 5.31. The van der Waals surface area contributed by atoms with Gasteiger partial charge in [-0.15, -0.1) is 0 Å². The number of methoxy groups -OCH3 is 1. The van der Waals surface area contributed by atoms with E-state index in [0.717, 1.165) is 12.1 Å². The average molecular weight is 556 g/mol. The Morgan fingerprint density at radius 3 is 2.49 bits per heavy atom. The molecule has 0 bridgehead atoms. The van der Waals surface area contributed by atoms with Crippen molar-refractivity contribution in [3.8, 4) is 22.6 Å². The number of ether oxygens (including phenoxy) is 1. The Bertz CT molecular complexity index is 1860. The van der Waals surface area contributed by atoms with Gasteiger partial charge in [0, 0.05) is 17.5 Å². The second kappa shape index (κ2) is 9.62. The summed E-state index contributed by atoms with van der Waals surface area (Å²) in [4.78, 5) is 13.0. The first-order valence-electron chi connectivity index (χ1n) is 11.4. The Kier molecular flexibility index (Phi) is 6.43. The maximum atomic E-state index is 13.3. The number of fused-ring (bicyclic) bond motifs is 1. The van der Waals surface area contributed by atoms with Crippen molar-refractivity contribution in [3.05, 3.63) is 101 Å². The van der Waals surface area contributed by atoms with Crippen LogP contribution in [0.2, 0.25) is 0 Å². The molecule has 2 aromatic heterocycles. The lowest BCUT2D eigenvalue weighted by Crippen LogP contribution is -2.19. The highest BCUT2D eigenvalue weighted by Crippen LogP contribution is 2.37. The highest BCUT2D eigenvalue weighted by atomic mass is 32.2. The van der Waals surface area contributed by atoms with E-state index >= 15 is 0 Å². The number of aromatic nitrogens is 2. The van der Waals surface area contributed by atoms with Crippen LogP contribution >= 0.6 is 0 Å². The quantitative estimate of drug-likeness (QED) is 0.285. The molecule has 0 aliphatic rings. The second-order valence-corrected chi connectivity index (χ2v) is 10.3. The Morgan fingerprint density at radius 1 is 1.00 bits per heavy atom. The van der Waals surface area contributed by atoms with Gasteiger partial charge in [0.05, 0.1) is 28.8 Å². The summed E-state index contributed by atoms with van der Waals surface area (Å²) >= 11 is 0. The lowest BCUT2D eigenvalue weighted by atomic mass is 9.97. The van der Waals surface area contributed by atoms with Crippen molar-refractivity contribution in [1.29, 1.82) is 0 Å². The number of sulfonamides is 1. The Hall–Kier alpha value is -4.58. The lowest BCUT2D eigenvalue weighted by molar-refractivity contribution is -0.137. The number of rotatable bonds is 6. The molecule has 0 amide bonds. The summed E-state index contributed by atoms with van der Waals surface area (Å²) in [5, 5.41) is 3.99. The van der Waals surface area contributed by atoms with Gasteiger partial charge in [-0.05, 0) is 72.1 Å². The van der Waals surface area contributed by atoms with Crippen molar-refractivity contribution in [2.45, 2.75) is 18.0 Å². The summed E-state index contributed by atoms with van der Waals surface area (Å²) < 4.78 is 79.4. The molecule has 8 nitrogen and oxygen atoms in total. The smallest absolute Gasteiger partial charge is 0.416 e. The highest BCUT2D eigenvalue weighted by Gasteiger charge is 2.30. The number of alkyl halides is 3. The molecule has 0 saturated heterocycles. The molecule has 12 heteroatoms. The van der Waals surface area contributed by atoms with Gasteiger partial charge < -0.3 is 9.26 Å². The standard InChI is InChI=1S/C27H20F3N3O5S/c1-16-12-23(24(37-2)15-21(16)17-4-3-5-19(13-17)27(28,29)30)33-22-8-7-20(14-18(22)6-9-26(33)34)39(35,36)32-25-10-11-38-31-25/h3-15H,1-2H3,(H,31,32). The third-order valence-corrected chi connectivity index (χ3v) is 7.47. The summed E-state index contributed by atoms with van der Waals surface area (Å²) in [6, 6.07) is 16.6. The molecule has 0 spiro atoms. The van der Waals surface area contributed by atoms with E-state index in [1.165, 1.54) is 60.4 Å². The van der Waals surface area contributed by atoms with Crippen LogP contribution in [-0.4, -0.2) is 25.3 Å². The summed E-state index contributed by atoms with van der Waals surface area (Å²) in [5.74, 6) is 0.258.